The van der Waals surface area contributed by atoms with Gasteiger partial charge in [0.2, 0.25) is 0 Å². The van der Waals surface area contributed by atoms with Crippen molar-refractivity contribution in [2.75, 3.05) is 51.3 Å². The largest absolute Gasteiger partial charge is 0.379 e. The van der Waals surface area contributed by atoms with Crippen molar-refractivity contribution in [2.45, 2.75) is 12.5 Å². The van der Waals surface area contributed by atoms with Crippen molar-refractivity contribution in [2.24, 2.45) is 0 Å². The van der Waals surface area contributed by atoms with Gasteiger partial charge in [-0.05, 0) is 47.9 Å². The van der Waals surface area contributed by atoms with Gasteiger partial charge in [0.25, 0.3) is 5.91 Å². The van der Waals surface area contributed by atoms with Crippen molar-refractivity contribution in [3.8, 4) is 0 Å². The third kappa shape index (κ3) is 4.03. The van der Waals surface area contributed by atoms with Gasteiger partial charge in [-0.25, -0.2) is 4.39 Å². The van der Waals surface area contributed by atoms with E-state index in [0.29, 0.717) is 25.3 Å². The monoisotopic (exact) mass is 383 g/mol. The maximum Gasteiger partial charge on any atom is 0.251 e. The van der Waals surface area contributed by atoms with Gasteiger partial charge in [-0.1, -0.05) is 12.1 Å². The van der Waals surface area contributed by atoms with Crippen LogP contribution in [0.3, 0.4) is 0 Å². The molecule has 2 aromatic carbocycles. The van der Waals surface area contributed by atoms with Crippen LogP contribution in [-0.2, 0) is 11.2 Å². The Morgan fingerprint density at radius 2 is 1.89 bits per heavy atom. The molecule has 4 rings (SSSR count). The molecule has 1 atom stereocenters. The first kappa shape index (κ1) is 18.9. The molecule has 0 spiro atoms. The predicted molar refractivity (Wildman–Crippen MR) is 107 cm³/mol. The van der Waals surface area contributed by atoms with E-state index in [-0.39, 0.29) is 17.8 Å². The van der Waals surface area contributed by atoms with Crippen LogP contribution in [-0.4, -0.2) is 57.2 Å². The minimum Gasteiger partial charge on any atom is -0.379 e. The van der Waals surface area contributed by atoms with Crippen LogP contribution in [0.5, 0.6) is 0 Å². The summed E-state index contributed by atoms with van der Waals surface area (Å²) >= 11 is 0. The van der Waals surface area contributed by atoms with Gasteiger partial charge in [0, 0.05) is 44.5 Å². The Bertz CT molecular complexity index is 834. The number of carbonyl (C=O) groups is 1. The van der Waals surface area contributed by atoms with Gasteiger partial charge in [0.05, 0.1) is 19.3 Å². The Morgan fingerprint density at radius 1 is 1.14 bits per heavy atom. The first-order chi connectivity index (χ1) is 13.6. The number of anilines is 1. The number of nitrogens with zero attached hydrogens (tertiary/aromatic N) is 2. The molecule has 2 aliphatic heterocycles. The van der Waals surface area contributed by atoms with Crippen LogP contribution in [0, 0.1) is 5.82 Å². The number of ether oxygens (including phenoxy) is 1. The molecule has 6 heteroatoms. The highest BCUT2D eigenvalue weighted by molar-refractivity contribution is 5.94. The molecule has 2 aliphatic rings. The van der Waals surface area contributed by atoms with E-state index in [0.717, 1.165) is 26.1 Å². The molecule has 0 saturated carbocycles. The molecule has 1 amide bonds. The van der Waals surface area contributed by atoms with Crippen molar-refractivity contribution in [3.05, 3.63) is 65.0 Å². The summed E-state index contributed by atoms with van der Waals surface area (Å²) < 4.78 is 18.6. The fourth-order valence-corrected chi connectivity index (χ4v) is 4.03. The summed E-state index contributed by atoms with van der Waals surface area (Å²) in [6.07, 6.45) is 1.05. The topological polar surface area (TPSA) is 44.8 Å². The highest BCUT2D eigenvalue weighted by Gasteiger charge is 2.25. The van der Waals surface area contributed by atoms with Gasteiger partial charge in [-0.2, -0.15) is 0 Å². The number of hydrogen-bond donors (Lipinski definition) is 1. The summed E-state index contributed by atoms with van der Waals surface area (Å²) in [5.74, 6) is -0.523. The first-order valence-electron chi connectivity index (χ1n) is 9.81. The third-order valence-corrected chi connectivity index (χ3v) is 5.66. The molecule has 1 saturated heterocycles. The van der Waals surface area contributed by atoms with Crippen LogP contribution in [0.2, 0.25) is 0 Å². The molecule has 0 aromatic heterocycles. The number of morpholine rings is 1. The van der Waals surface area contributed by atoms with Gasteiger partial charge in [-0.3, -0.25) is 9.69 Å². The van der Waals surface area contributed by atoms with Crippen LogP contribution in [0.1, 0.15) is 27.5 Å². The van der Waals surface area contributed by atoms with E-state index in [4.69, 9.17) is 4.74 Å². The Balaban J connectivity index is 1.52. The third-order valence-electron chi connectivity index (χ3n) is 5.66. The molecule has 28 heavy (non-hydrogen) atoms. The van der Waals surface area contributed by atoms with E-state index in [1.165, 1.54) is 41.1 Å². The Labute approximate surface area is 165 Å². The van der Waals surface area contributed by atoms with Gasteiger partial charge in [-0.15, -0.1) is 0 Å². The average molecular weight is 383 g/mol. The number of hydrogen-bond acceptors (Lipinski definition) is 4. The Kier molecular flexibility index (Phi) is 5.59. The zero-order valence-corrected chi connectivity index (χ0v) is 16.2. The lowest BCUT2D eigenvalue weighted by molar-refractivity contribution is 0.0162. The fourth-order valence-electron chi connectivity index (χ4n) is 4.03. The quantitative estimate of drug-likeness (QED) is 0.862. The average Bonchev–Trinajstić information content (AvgIpc) is 3.10. The maximum absolute atomic E-state index is 13.1. The van der Waals surface area contributed by atoms with E-state index in [9.17, 15) is 9.18 Å². The summed E-state index contributed by atoms with van der Waals surface area (Å²) in [5, 5.41) is 3.04. The highest BCUT2D eigenvalue weighted by Crippen LogP contribution is 2.31. The van der Waals surface area contributed by atoms with Crippen LogP contribution in [0.15, 0.2) is 42.5 Å². The van der Waals surface area contributed by atoms with E-state index < -0.39 is 0 Å². The van der Waals surface area contributed by atoms with E-state index in [1.807, 2.05) is 0 Å². The minimum absolute atomic E-state index is 0.0875. The second-order valence-corrected chi connectivity index (χ2v) is 7.44. The van der Waals surface area contributed by atoms with Crippen LogP contribution >= 0.6 is 0 Å². The smallest absolute Gasteiger partial charge is 0.251 e. The zero-order chi connectivity index (χ0) is 19.5. The SMILES string of the molecule is CN1CCc2cc([C@H](CNC(=O)c3ccc(F)cc3)N3CCOCC3)ccc21. The van der Waals surface area contributed by atoms with Gasteiger partial charge < -0.3 is 15.0 Å². The van der Waals surface area contributed by atoms with Crippen molar-refractivity contribution in [3.63, 3.8) is 0 Å². The highest BCUT2D eigenvalue weighted by atomic mass is 19.1. The summed E-state index contributed by atoms with van der Waals surface area (Å²) in [6, 6.07) is 12.4. The number of likely N-dealkylation sites (N-methyl/N-ethyl adjacent to an activating group) is 1. The van der Waals surface area contributed by atoms with Crippen LogP contribution in [0.4, 0.5) is 10.1 Å². The van der Waals surface area contributed by atoms with E-state index in [1.54, 1.807) is 0 Å². The number of benzene rings is 2. The van der Waals surface area contributed by atoms with Crippen molar-refractivity contribution < 1.29 is 13.9 Å². The molecule has 2 aromatic rings. The number of nitrogens with one attached hydrogen (secondary N) is 1. The van der Waals surface area contributed by atoms with Crippen molar-refractivity contribution in [1.82, 2.24) is 10.2 Å². The van der Waals surface area contributed by atoms with Gasteiger partial charge in [0.1, 0.15) is 5.82 Å². The molecule has 2 heterocycles. The number of carbonyl (C=O) groups excluding carboxylic acids is 1. The predicted octanol–water partition coefficient (Wildman–Crippen LogP) is 2.62. The number of amides is 1. The maximum atomic E-state index is 13.1. The molecule has 1 N–H and O–H groups in total. The minimum atomic E-state index is -0.342. The molecular weight excluding hydrogens is 357 g/mol. The molecule has 5 nitrogen and oxygen atoms in total. The lowest BCUT2D eigenvalue weighted by atomic mass is 10.00. The molecular formula is C22H26FN3O2. The van der Waals surface area contributed by atoms with E-state index >= 15 is 0 Å². The normalized spacial score (nSPS) is 18.0. The standard InChI is InChI=1S/C22H26FN3O2/c1-25-9-8-18-14-17(4-7-20(18)25)21(26-10-12-28-13-11-26)15-24-22(27)16-2-5-19(23)6-3-16/h2-7,14,21H,8-13,15H2,1H3,(H,24,27)/t21-/m0/s1. The van der Waals surface area contributed by atoms with Crippen molar-refractivity contribution in [1.29, 1.82) is 0 Å². The number of fused-ring (bicyclic) bond motifs is 1. The van der Waals surface area contributed by atoms with Crippen LogP contribution < -0.4 is 10.2 Å². The summed E-state index contributed by atoms with van der Waals surface area (Å²) in [4.78, 5) is 17.2. The first-order valence-corrected chi connectivity index (χ1v) is 9.81. The molecule has 0 bridgehead atoms. The molecule has 0 aliphatic carbocycles. The van der Waals surface area contributed by atoms with Crippen LogP contribution in [0.25, 0.3) is 0 Å². The second-order valence-electron chi connectivity index (χ2n) is 7.44. The van der Waals surface area contributed by atoms with Gasteiger partial charge >= 0.3 is 0 Å². The summed E-state index contributed by atoms with van der Waals surface area (Å²) in [7, 11) is 2.12. The second kappa shape index (κ2) is 8.29. The molecule has 148 valence electrons. The fraction of sp³-hybridized carbons (Fsp3) is 0.409. The molecule has 1 fully saturated rings. The van der Waals surface area contributed by atoms with E-state index in [2.05, 4.69) is 40.4 Å². The lowest BCUT2D eigenvalue weighted by Gasteiger charge is -2.35. The zero-order valence-electron chi connectivity index (χ0n) is 16.2. The number of rotatable bonds is 5. The summed E-state index contributed by atoms with van der Waals surface area (Å²) in [5.41, 5.74) is 4.34. The van der Waals surface area contributed by atoms with Gasteiger partial charge in [0.15, 0.2) is 0 Å². The van der Waals surface area contributed by atoms with Crippen molar-refractivity contribution >= 4 is 11.6 Å². The molecule has 0 unspecified atom stereocenters. The lowest BCUT2D eigenvalue weighted by Crippen LogP contribution is -2.43. The Morgan fingerprint density at radius 3 is 2.64 bits per heavy atom. The molecule has 0 radical (unpaired) electrons. The summed E-state index contributed by atoms with van der Waals surface area (Å²) in [6.45, 7) is 4.64. The Hall–Kier alpha value is -2.44. The number of halogens is 1.